The van der Waals surface area contributed by atoms with E-state index in [0.717, 1.165) is 38.8 Å². The smallest absolute Gasteiger partial charge is 0.223 e. The second-order valence-corrected chi connectivity index (χ2v) is 8.37. The van der Waals surface area contributed by atoms with Crippen LogP contribution in [-0.4, -0.2) is 43.8 Å². The number of hydrogen-bond acceptors (Lipinski definition) is 6. The summed E-state index contributed by atoms with van der Waals surface area (Å²) in [6.45, 7) is 1.77. The van der Waals surface area contributed by atoms with E-state index in [1.807, 2.05) is 0 Å². The zero-order valence-electron chi connectivity index (χ0n) is 13.4. The van der Waals surface area contributed by atoms with Crippen molar-refractivity contribution >= 4 is 28.2 Å². The van der Waals surface area contributed by atoms with E-state index in [2.05, 4.69) is 20.6 Å². The third kappa shape index (κ3) is 4.55. The normalized spacial score (nSPS) is 22.6. The molecule has 1 atom stereocenters. The van der Waals surface area contributed by atoms with Gasteiger partial charge in [-0.3, -0.25) is 0 Å². The van der Waals surface area contributed by atoms with Crippen LogP contribution in [-0.2, 0) is 9.84 Å². The van der Waals surface area contributed by atoms with Crippen molar-refractivity contribution in [1.82, 2.24) is 15.3 Å². The van der Waals surface area contributed by atoms with E-state index in [1.165, 1.54) is 25.3 Å². The van der Waals surface area contributed by atoms with E-state index in [1.54, 1.807) is 0 Å². The van der Waals surface area contributed by atoms with E-state index < -0.39 is 9.84 Å². The molecule has 1 aliphatic heterocycles. The summed E-state index contributed by atoms with van der Waals surface area (Å²) in [6, 6.07) is 0.418. The standard InChI is InChI=1S/C15H24N4O2S.ClH/c1-22(20,21)13-10-17-15(18-12-6-2-3-7-12)19-14(13)11-5-4-8-16-9-11;/h10-12,16H,2-9H2,1H3,(H,17,18,19);1H. The molecular formula is C15H25ClN4O2S. The maximum absolute atomic E-state index is 12.0. The third-order valence-electron chi connectivity index (χ3n) is 4.55. The van der Waals surface area contributed by atoms with Crippen molar-refractivity contribution in [1.29, 1.82) is 0 Å². The Hall–Kier alpha value is -0.920. The second kappa shape index (κ2) is 7.77. The number of hydrogen-bond donors (Lipinski definition) is 2. The van der Waals surface area contributed by atoms with E-state index in [-0.39, 0.29) is 23.2 Å². The van der Waals surface area contributed by atoms with E-state index in [9.17, 15) is 8.42 Å². The summed E-state index contributed by atoms with van der Waals surface area (Å²) in [4.78, 5) is 9.10. The topological polar surface area (TPSA) is 84.0 Å². The molecule has 1 aromatic rings. The maximum atomic E-state index is 12.0. The van der Waals surface area contributed by atoms with Crippen molar-refractivity contribution < 1.29 is 8.42 Å². The molecule has 1 aromatic heterocycles. The molecule has 23 heavy (non-hydrogen) atoms. The number of rotatable bonds is 4. The van der Waals surface area contributed by atoms with Gasteiger partial charge in [-0.05, 0) is 32.2 Å². The highest BCUT2D eigenvalue weighted by Gasteiger charge is 2.26. The van der Waals surface area contributed by atoms with Gasteiger partial charge >= 0.3 is 0 Å². The summed E-state index contributed by atoms with van der Waals surface area (Å²) < 4.78 is 24.1. The van der Waals surface area contributed by atoms with Gasteiger partial charge in [0.2, 0.25) is 5.95 Å². The molecule has 2 heterocycles. The van der Waals surface area contributed by atoms with Crippen molar-refractivity contribution in [2.24, 2.45) is 0 Å². The van der Waals surface area contributed by atoms with Gasteiger partial charge in [0.15, 0.2) is 9.84 Å². The van der Waals surface area contributed by atoms with Crippen molar-refractivity contribution in [2.45, 2.75) is 55.4 Å². The number of anilines is 1. The Balaban J connectivity index is 0.00000192. The minimum Gasteiger partial charge on any atom is -0.351 e. The van der Waals surface area contributed by atoms with Gasteiger partial charge in [-0.1, -0.05) is 12.8 Å². The average molecular weight is 361 g/mol. The highest BCUT2D eigenvalue weighted by atomic mass is 35.5. The number of piperidine rings is 1. The third-order valence-corrected chi connectivity index (χ3v) is 5.67. The van der Waals surface area contributed by atoms with E-state index >= 15 is 0 Å². The molecule has 0 bridgehead atoms. The van der Waals surface area contributed by atoms with Crippen LogP contribution in [0.1, 0.15) is 50.1 Å². The van der Waals surface area contributed by atoms with Gasteiger partial charge in [0.05, 0.1) is 11.9 Å². The largest absolute Gasteiger partial charge is 0.351 e. The van der Waals surface area contributed by atoms with Crippen LogP contribution in [0, 0.1) is 0 Å². The van der Waals surface area contributed by atoms with Crippen molar-refractivity contribution in [2.75, 3.05) is 24.7 Å². The molecule has 3 rings (SSSR count). The van der Waals surface area contributed by atoms with Gasteiger partial charge in [0.25, 0.3) is 0 Å². The molecule has 6 nitrogen and oxygen atoms in total. The first kappa shape index (κ1) is 18.4. The molecule has 0 amide bonds. The second-order valence-electron chi connectivity index (χ2n) is 6.38. The summed E-state index contributed by atoms with van der Waals surface area (Å²) in [5.41, 5.74) is 0.671. The van der Waals surface area contributed by atoms with Crippen LogP contribution in [0.15, 0.2) is 11.1 Å². The SMILES string of the molecule is CS(=O)(=O)c1cnc(NC2CCCC2)nc1C1CCCNC1.Cl. The van der Waals surface area contributed by atoms with Gasteiger partial charge in [-0.15, -0.1) is 12.4 Å². The van der Waals surface area contributed by atoms with E-state index in [0.29, 0.717) is 17.7 Å². The fourth-order valence-corrected chi connectivity index (χ4v) is 4.21. The summed E-state index contributed by atoms with van der Waals surface area (Å²) in [5.74, 6) is 0.713. The van der Waals surface area contributed by atoms with Crippen LogP contribution in [0.3, 0.4) is 0 Å². The molecule has 1 unspecified atom stereocenters. The Labute approximate surface area is 144 Å². The minimum atomic E-state index is -3.31. The molecule has 8 heteroatoms. The Morgan fingerprint density at radius 2 is 1.96 bits per heavy atom. The first-order chi connectivity index (χ1) is 10.5. The Morgan fingerprint density at radius 1 is 1.22 bits per heavy atom. The predicted octanol–water partition coefficient (Wildman–Crippen LogP) is 2.12. The quantitative estimate of drug-likeness (QED) is 0.855. The number of nitrogens with one attached hydrogen (secondary N) is 2. The van der Waals surface area contributed by atoms with Crippen molar-refractivity contribution in [3.8, 4) is 0 Å². The van der Waals surface area contributed by atoms with E-state index in [4.69, 9.17) is 0 Å². The summed E-state index contributed by atoms with van der Waals surface area (Å²) in [5, 5.41) is 6.69. The zero-order chi connectivity index (χ0) is 15.6. The van der Waals surface area contributed by atoms with Gasteiger partial charge < -0.3 is 10.6 Å². The molecular weight excluding hydrogens is 336 g/mol. The lowest BCUT2D eigenvalue weighted by atomic mass is 9.96. The van der Waals surface area contributed by atoms with Crippen LogP contribution in [0.2, 0.25) is 0 Å². The molecule has 0 spiro atoms. The molecule has 2 N–H and O–H groups in total. The first-order valence-corrected chi connectivity index (χ1v) is 9.97. The molecule has 0 radical (unpaired) electrons. The van der Waals surface area contributed by atoms with Crippen LogP contribution >= 0.6 is 12.4 Å². The lowest BCUT2D eigenvalue weighted by Crippen LogP contribution is -2.30. The van der Waals surface area contributed by atoms with Gasteiger partial charge in [0, 0.05) is 24.8 Å². The predicted molar refractivity (Wildman–Crippen MR) is 93.1 cm³/mol. The monoisotopic (exact) mass is 360 g/mol. The molecule has 1 saturated carbocycles. The lowest BCUT2D eigenvalue weighted by Gasteiger charge is -2.24. The Bertz CT molecular complexity index is 626. The Morgan fingerprint density at radius 3 is 2.57 bits per heavy atom. The molecule has 130 valence electrons. The fraction of sp³-hybridized carbons (Fsp3) is 0.733. The number of sulfone groups is 1. The number of halogens is 1. The number of nitrogens with zero attached hydrogens (tertiary/aromatic N) is 2. The van der Waals surface area contributed by atoms with Crippen LogP contribution in [0.25, 0.3) is 0 Å². The lowest BCUT2D eigenvalue weighted by molar-refractivity contribution is 0.448. The molecule has 2 aliphatic rings. The molecule has 0 aromatic carbocycles. The minimum absolute atomic E-state index is 0. The van der Waals surface area contributed by atoms with Crippen LogP contribution < -0.4 is 10.6 Å². The van der Waals surface area contributed by atoms with Crippen molar-refractivity contribution in [3.05, 3.63) is 11.9 Å². The number of aromatic nitrogens is 2. The van der Waals surface area contributed by atoms with Gasteiger partial charge in [0.1, 0.15) is 4.90 Å². The summed E-state index contributed by atoms with van der Waals surface area (Å²) in [7, 11) is -3.31. The highest BCUT2D eigenvalue weighted by Crippen LogP contribution is 2.28. The molecule has 1 saturated heterocycles. The highest BCUT2D eigenvalue weighted by molar-refractivity contribution is 7.90. The van der Waals surface area contributed by atoms with Crippen LogP contribution in [0.4, 0.5) is 5.95 Å². The van der Waals surface area contributed by atoms with Crippen molar-refractivity contribution in [3.63, 3.8) is 0 Å². The summed E-state index contributed by atoms with van der Waals surface area (Å²) in [6.07, 6.45) is 9.46. The maximum Gasteiger partial charge on any atom is 0.223 e. The fourth-order valence-electron chi connectivity index (χ4n) is 3.37. The summed E-state index contributed by atoms with van der Waals surface area (Å²) >= 11 is 0. The first-order valence-electron chi connectivity index (χ1n) is 8.08. The molecule has 2 fully saturated rings. The zero-order valence-corrected chi connectivity index (χ0v) is 15.0. The van der Waals surface area contributed by atoms with Gasteiger partial charge in [-0.25, -0.2) is 18.4 Å². The average Bonchev–Trinajstić information content (AvgIpc) is 3.00. The molecule has 1 aliphatic carbocycles. The van der Waals surface area contributed by atoms with Crippen LogP contribution in [0.5, 0.6) is 0 Å². The Kier molecular flexibility index (Phi) is 6.22. The van der Waals surface area contributed by atoms with Gasteiger partial charge in [-0.2, -0.15) is 0 Å².